The molecule has 1 aromatic heterocycles. The summed E-state index contributed by atoms with van der Waals surface area (Å²) < 4.78 is 44.9. The summed E-state index contributed by atoms with van der Waals surface area (Å²) in [6.45, 7) is 0. The molecule has 8 nitrogen and oxygen atoms in total. The lowest BCUT2D eigenvalue weighted by Crippen LogP contribution is -2.02. The highest BCUT2D eigenvalue weighted by Crippen LogP contribution is 2.33. The molecule has 10 heteroatoms. The zero-order chi connectivity index (χ0) is 19.9. The van der Waals surface area contributed by atoms with Crippen molar-refractivity contribution in [1.29, 1.82) is 0 Å². The first-order valence-corrected chi connectivity index (χ1v) is 9.95. The Morgan fingerprint density at radius 3 is 2.54 bits per heavy atom. The molecule has 2 aliphatic rings. The van der Waals surface area contributed by atoms with Crippen LogP contribution in [0.3, 0.4) is 0 Å². The zero-order valence-electron chi connectivity index (χ0n) is 14.6. The number of ether oxygens (including phenoxy) is 1. The summed E-state index contributed by atoms with van der Waals surface area (Å²) in [5, 5.41) is 4.34. The van der Waals surface area contributed by atoms with Gasteiger partial charge in [-0.25, -0.2) is 27.5 Å². The maximum atomic E-state index is 14.0. The van der Waals surface area contributed by atoms with Crippen molar-refractivity contribution >= 4 is 26.6 Å². The van der Waals surface area contributed by atoms with Gasteiger partial charge in [-0.05, 0) is 30.3 Å². The number of sulfone groups is 1. The molecule has 28 heavy (non-hydrogen) atoms. The number of nitrogens with two attached hydrogens (primary N) is 1. The van der Waals surface area contributed by atoms with Gasteiger partial charge in [-0.3, -0.25) is 0 Å². The minimum absolute atomic E-state index is 0.227. The first-order valence-electron chi connectivity index (χ1n) is 8.05. The van der Waals surface area contributed by atoms with Gasteiger partial charge in [-0.1, -0.05) is 6.07 Å². The highest BCUT2D eigenvalue weighted by atomic mass is 32.2. The number of hydrogen-bond acceptors (Lipinski definition) is 7. The molecule has 0 fully saturated rings. The van der Waals surface area contributed by atoms with E-state index >= 15 is 0 Å². The smallest absolute Gasteiger partial charge is 0.181 e. The van der Waals surface area contributed by atoms with Crippen molar-refractivity contribution in [2.45, 2.75) is 4.90 Å². The van der Waals surface area contributed by atoms with Crippen LogP contribution in [-0.4, -0.2) is 34.4 Å². The Balaban J connectivity index is 0.000000326. The average molecular weight is 399 g/mol. The van der Waals surface area contributed by atoms with Crippen molar-refractivity contribution in [1.82, 2.24) is 19.7 Å². The fourth-order valence-corrected chi connectivity index (χ4v) is 3.28. The van der Waals surface area contributed by atoms with E-state index in [1.807, 2.05) is 16.9 Å². The van der Waals surface area contributed by atoms with Gasteiger partial charge >= 0.3 is 0 Å². The minimum Gasteiger partial charge on any atom is -0.453 e. The Labute approximate surface area is 159 Å². The Hall–Kier alpha value is -3.53. The molecule has 0 amide bonds. The van der Waals surface area contributed by atoms with Crippen LogP contribution < -0.4 is 10.5 Å². The van der Waals surface area contributed by atoms with E-state index in [-0.39, 0.29) is 22.2 Å². The first kappa shape index (κ1) is 17.9. The first-order chi connectivity index (χ1) is 13.3. The van der Waals surface area contributed by atoms with E-state index < -0.39 is 15.7 Å². The van der Waals surface area contributed by atoms with Gasteiger partial charge in [0.2, 0.25) is 0 Å². The molecule has 3 aromatic rings. The molecule has 0 atom stereocenters. The molecular weight excluding hydrogens is 385 g/mol. The summed E-state index contributed by atoms with van der Waals surface area (Å²) >= 11 is 0. The van der Waals surface area contributed by atoms with Crippen molar-refractivity contribution in [2.24, 2.45) is 0 Å². The number of para-hydroxylation sites is 1. The summed E-state index contributed by atoms with van der Waals surface area (Å²) in [6.07, 6.45) is 4.24. The van der Waals surface area contributed by atoms with Gasteiger partial charge in [-0.15, -0.1) is 5.10 Å². The fourth-order valence-electron chi connectivity index (χ4n) is 2.48. The molecule has 0 spiro atoms. The lowest BCUT2D eigenvalue weighted by atomic mass is 10.2. The highest BCUT2D eigenvalue weighted by Gasteiger charge is 2.19. The second kappa shape index (κ2) is 6.57. The number of aromatic nitrogens is 4. The number of fused-ring (bicyclic) bond motifs is 2. The Morgan fingerprint density at radius 2 is 1.93 bits per heavy atom. The second-order valence-corrected chi connectivity index (χ2v) is 7.98. The van der Waals surface area contributed by atoms with Gasteiger partial charge in [0.05, 0.1) is 5.52 Å². The highest BCUT2D eigenvalue weighted by molar-refractivity contribution is 7.90. The summed E-state index contributed by atoms with van der Waals surface area (Å²) in [5.41, 5.74) is 6.37. The standard InChI is InChI=1S/C15H12FN3O3S.C3H2N2/c1-23(20,21)13-4-2-3-11(16)14(13)22-9-5-6-12-10(7-9)15(17)19-8-18-12;1-2-5-3(1)4-5/h2-8H,1H3,(H2,17,18,19);1-2H. The zero-order valence-corrected chi connectivity index (χ0v) is 15.4. The normalized spacial score (nSPS) is 11.6. The van der Waals surface area contributed by atoms with E-state index in [2.05, 4.69) is 15.1 Å². The summed E-state index contributed by atoms with van der Waals surface area (Å²) in [7, 11) is -3.64. The van der Waals surface area contributed by atoms with Crippen LogP contribution in [0.2, 0.25) is 0 Å². The van der Waals surface area contributed by atoms with Gasteiger partial charge in [0, 0.05) is 23.9 Å². The number of anilines is 1. The van der Waals surface area contributed by atoms with Crippen LogP contribution in [0.5, 0.6) is 11.5 Å². The maximum Gasteiger partial charge on any atom is 0.181 e. The van der Waals surface area contributed by atoms with Crippen molar-refractivity contribution < 1.29 is 17.5 Å². The van der Waals surface area contributed by atoms with Crippen LogP contribution in [0.25, 0.3) is 16.7 Å². The molecule has 3 heterocycles. The predicted molar refractivity (Wildman–Crippen MR) is 101 cm³/mol. The number of hydrogen-bond donors (Lipinski definition) is 1. The van der Waals surface area contributed by atoms with Crippen LogP contribution >= 0.6 is 0 Å². The number of halogens is 1. The molecular formula is C18H14FN5O3S. The van der Waals surface area contributed by atoms with Gasteiger partial charge in [0.15, 0.2) is 27.2 Å². The third-order valence-corrected chi connectivity index (χ3v) is 5.08. The summed E-state index contributed by atoms with van der Waals surface area (Å²) in [4.78, 5) is 7.69. The van der Waals surface area contributed by atoms with E-state index in [0.717, 1.165) is 18.1 Å². The van der Waals surface area contributed by atoms with E-state index in [0.29, 0.717) is 10.9 Å². The van der Waals surface area contributed by atoms with Crippen molar-refractivity contribution in [3.63, 3.8) is 0 Å². The van der Waals surface area contributed by atoms with E-state index in [9.17, 15) is 12.8 Å². The lowest BCUT2D eigenvalue weighted by Gasteiger charge is -2.11. The number of rotatable bonds is 3. The molecule has 0 radical (unpaired) electrons. The second-order valence-electron chi connectivity index (χ2n) is 6.00. The Bertz CT molecular complexity index is 1280. The Kier molecular flexibility index (Phi) is 4.19. The van der Waals surface area contributed by atoms with Crippen molar-refractivity contribution in [3.05, 3.63) is 60.8 Å². The molecule has 142 valence electrons. The molecule has 2 N–H and O–H groups in total. The summed E-state index contributed by atoms with van der Waals surface area (Å²) in [5.74, 6) is 0.478. The third-order valence-electron chi connectivity index (χ3n) is 3.96. The number of nitrogens with zero attached hydrogens (tertiary/aromatic N) is 4. The van der Waals surface area contributed by atoms with Crippen LogP contribution in [-0.2, 0) is 9.84 Å². The molecule has 0 bridgehead atoms. The maximum absolute atomic E-state index is 14.0. The molecule has 5 rings (SSSR count). The van der Waals surface area contributed by atoms with E-state index in [1.54, 1.807) is 12.1 Å². The largest absolute Gasteiger partial charge is 0.453 e. The SMILES string of the molecule is CS(=O)(=O)c1cccc(F)c1Oc1ccc2ncnc(N)c2c1.c1cn2nc1-2. The monoisotopic (exact) mass is 399 g/mol. The lowest BCUT2D eigenvalue weighted by molar-refractivity contribution is 0.428. The molecule has 0 aliphatic carbocycles. The predicted octanol–water partition coefficient (Wildman–Crippen LogP) is 2.73. The summed E-state index contributed by atoms with van der Waals surface area (Å²) in [6, 6.07) is 10.4. The number of nitrogen functional groups attached to an aromatic ring is 1. The van der Waals surface area contributed by atoms with E-state index in [4.69, 9.17) is 10.5 Å². The molecule has 0 unspecified atom stereocenters. The average Bonchev–Trinajstić information content (AvgIpc) is 3.22. The molecule has 0 saturated heterocycles. The Morgan fingerprint density at radius 1 is 1.14 bits per heavy atom. The number of benzene rings is 2. The fraction of sp³-hybridized carbons (Fsp3) is 0.0556. The van der Waals surface area contributed by atoms with Crippen molar-refractivity contribution in [2.75, 3.05) is 12.0 Å². The molecule has 2 aliphatic heterocycles. The minimum atomic E-state index is -3.64. The van der Waals surface area contributed by atoms with Crippen LogP contribution in [0, 0.1) is 5.82 Å². The van der Waals surface area contributed by atoms with Gasteiger partial charge in [0.1, 0.15) is 22.8 Å². The van der Waals surface area contributed by atoms with Gasteiger partial charge in [-0.2, -0.15) is 0 Å². The van der Waals surface area contributed by atoms with Crippen LogP contribution in [0.15, 0.2) is 59.9 Å². The van der Waals surface area contributed by atoms with Crippen molar-refractivity contribution in [3.8, 4) is 17.3 Å². The third kappa shape index (κ3) is 3.49. The van der Waals surface area contributed by atoms with Gasteiger partial charge in [0.25, 0.3) is 0 Å². The molecule has 2 aromatic carbocycles. The van der Waals surface area contributed by atoms with Gasteiger partial charge < -0.3 is 10.5 Å². The van der Waals surface area contributed by atoms with Crippen LogP contribution in [0.1, 0.15) is 0 Å². The topological polar surface area (TPSA) is 113 Å². The quantitative estimate of drug-likeness (QED) is 0.496. The van der Waals surface area contributed by atoms with E-state index in [1.165, 1.54) is 24.5 Å². The molecule has 0 saturated carbocycles. The van der Waals surface area contributed by atoms with Crippen LogP contribution in [0.4, 0.5) is 10.2 Å².